The van der Waals surface area contributed by atoms with E-state index < -0.39 is 0 Å². The lowest BCUT2D eigenvalue weighted by Crippen LogP contribution is -2.45. The summed E-state index contributed by atoms with van der Waals surface area (Å²) in [4.78, 5) is 26.5. The molecule has 1 saturated heterocycles. The Labute approximate surface area is 162 Å². The molecule has 1 aliphatic heterocycles. The van der Waals surface area contributed by atoms with Crippen molar-refractivity contribution in [1.82, 2.24) is 20.2 Å². The average molecular weight is 389 g/mol. The van der Waals surface area contributed by atoms with E-state index in [0.717, 1.165) is 48.3 Å². The molecular weight excluding hydrogens is 364 g/mol. The van der Waals surface area contributed by atoms with Gasteiger partial charge in [-0.2, -0.15) is 0 Å². The number of piperidine rings is 1. The summed E-state index contributed by atoms with van der Waals surface area (Å²) in [6, 6.07) is 1.18. The van der Waals surface area contributed by atoms with E-state index in [1.807, 2.05) is 0 Å². The number of amides is 1. The summed E-state index contributed by atoms with van der Waals surface area (Å²) >= 11 is 3.37. The van der Waals surface area contributed by atoms with Crippen LogP contribution in [0.2, 0.25) is 0 Å². The lowest BCUT2D eigenvalue weighted by Gasteiger charge is -2.32. The van der Waals surface area contributed by atoms with Gasteiger partial charge in [-0.15, -0.1) is 11.3 Å². The zero-order chi connectivity index (χ0) is 17.5. The van der Waals surface area contributed by atoms with Gasteiger partial charge in [-0.25, -0.2) is 9.97 Å². The van der Waals surface area contributed by atoms with Gasteiger partial charge in [0.1, 0.15) is 16.2 Å². The van der Waals surface area contributed by atoms with E-state index >= 15 is 0 Å². The maximum atomic E-state index is 12.4. The molecule has 138 valence electrons. The van der Waals surface area contributed by atoms with Gasteiger partial charge in [0.15, 0.2) is 0 Å². The van der Waals surface area contributed by atoms with Gasteiger partial charge in [-0.1, -0.05) is 11.8 Å². The molecule has 3 aliphatic rings. The molecule has 1 amide bonds. The van der Waals surface area contributed by atoms with Crippen LogP contribution in [-0.4, -0.2) is 51.7 Å². The molecule has 0 aromatic carbocycles. The van der Waals surface area contributed by atoms with Gasteiger partial charge in [0.25, 0.3) is 0 Å². The molecule has 0 bridgehead atoms. The molecule has 3 heterocycles. The summed E-state index contributed by atoms with van der Waals surface area (Å²) in [6.45, 7) is 2.27. The molecule has 26 heavy (non-hydrogen) atoms. The lowest BCUT2D eigenvalue weighted by atomic mass is 10.1. The van der Waals surface area contributed by atoms with Gasteiger partial charge in [0.05, 0.1) is 5.75 Å². The number of nitrogens with one attached hydrogen (secondary N) is 1. The number of carbonyl (C=O) groups is 1. The van der Waals surface area contributed by atoms with Crippen molar-refractivity contribution in [3.8, 4) is 0 Å². The summed E-state index contributed by atoms with van der Waals surface area (Å²) in [5.74, 6) is 0.582. The number of thiophene rings is 1. The molecule has 0 unspecified atom stereocenters. The molecule has 0 atom stereocenters. The van der Waals surface area contributed by atoms with Crippen LogP contribution in [0, 0.1) is 0 Å². The Hall–Kier alpha value is -1.18. The van der Waals surface area contributed by atoms with E-state index in [4.69, 9.17) is 0 Å². The van der Waals surface area contributed by atoms with Crippen molar-refractivity contribution < 1.29 is 4.79 Å². The quantitative estimate of drug-likeness (QED) is 0.630. The third-order valence-electron chi connectivity index (χ3n) is 5.76. The summed E-state index contributed by atoms with van der Waals surface area (Å²) < 4.78 is 0. The van der Waals surface area contributed by atoms with E-state index in [1.165, 1.54) is 41.5 Å². The first kappa shape index (κ1) is 17.0. The van der Waals surface area contributed by atoms with Crippen molar-refractivity contribution >= 4 is 39.2 Å². The fourth-order valence-electron chi connectivity index (χ4n) is 4.26. The molecule has 2 aromatic rings. The first-order chi connectivity index (χ1) is 12.8. The third-order valence-corrected chi connectivity index (χ3v) is 7.95. The van der Waals surface area contributed by atoms with E-state index in [0.29, 0.717) is 11.8 Å². The normalized spacial score (nSPS) is 21.2. The van der Waals surface area contributed by atoms with Gasteiger partial charge in [0, 0.05) is 35.4 Å². The Morgan fingerprint density at radius 3 is 2.88 bits per heavy atom. The second-order valence-corrected chi connectivity index (χ2v) is 9.66. The number of carbonyl (C=O) groups excluding carboxylic acids is 1. The number of fused-ring (bicyclic) bond motifs is 3. The maximum absolute atomic E-state index is 12.4. The number of rotatable bonds is 5. The minimum atomic E-state index is 0.138. The Balaban J connectivity index is 1.19. The highest BCUT2D eigenvalue weighted by Gasteiger charge is 2.32. The first-order valence-electron chi connectivity index (χ1n) is 9.69. The van der Waals surface area contributed by atoms with E-state index in [1.54, 1.807) is 29.4 Å². The molecule has 2 fully saturated rings. The summed E-state index contributed by atoms with van der Waals surface area (Å²) in [5.41, 5.74) is 1.43. The van der Waals surface area contributed by atoms with Crippen molar-refractivity contribution in [2.45, 2.75) is 62.1 Å². The minimum Gasteiger partial charge on any atom is -0.353 e. The first-order valence-corrected chi connectivity index (χ1v) is 11.5. The number of nitrogens with zero attached hydrogens (tertiary/aromatic N) is 3. The summed E-state index contributed by atoms with van der Waals surface area (Å²) in [5, 5.41) is 5.42. The number of likely N-dealkylation sites (tertiary alicyclic amines) is 1. The predicted molar refractivity (Wildman–Crippen MR) is 106 cm³/mol. The molecule has 2 aromatic heterocycles. The molecule has 5 nitrogen and oxygen atoms in total. The molecule has 2 aliphatic carbocycles. The highest BCUT2D eigenvalue weighted by atomic mass is 32.2. The Morgan fingerprint density at radius 1 is 1.23 bits per heavy atom. The Morgan fingerprint density at radius 2 is 2.08 bits per heavy atom. The van der Waals surface area contributed by atoms with Gasteiger partial charge >= 0.3 is 0 Å². The van der Waals surface area contributed by atoms with Gasteiger partial charge in [0.2, 0.25) is 5.91 Å². The largest absolute Gasteiger partial charge is 0.353 e. The fraction of sp³-hybridized carbons (Fsp3) is 0.632. The minimum absolute atomic E-state index is 0.138. The van der Waals surface area contributed by atoms with Crippen molar-refractivity contribution in [3.05, 3.63) is 16.8 Å². The predicted octanol–water partition coefficient (Wildman–Crippen LogP) is 3.02. The number of aromatic nitrogens is 2. The molecule has 7 heteroatoms. The lowest BCUT2D eigenvalue weighted by molar-refractivity contribution is -0.119. The van der Waals surface area contributed by atoms with Crippen LogP contribution < -0.4 is 5.32 Å². The van der Waals surface area contributed by atoms with Crippen LogP contribution in [-0.2, 0) is 17.6 Å². The second kappa shape index (κ2) is 7.09. The van der Waals surface area contributed by atoms with Gasteiger partial charge in [-0.05, 0) is 50.5 Å². The van der Waals surface area contributed by atoms with Gasteiger partial charge < -0.3 is 10.2 Å². The van der Waals surface area contributed by atoms with Crippen LogP contribution in [0.25, 0.3) is 10.2 Å². The summed E-state index contributed by atoms with van der Waals surface area (Å²) in [6.07, 6.45) is 10.1. The standard InChI is InChI=1S/C19H24N4OS2/c24-16(22-12-6-8-23(9-7-12)13-4-5-13)10-25-18-17-14-2-1-3-15(14)26-19(17)21-11-20-18/h11-13H,1-10H2,(H,22,24). The second-order valence-electron chi connectivity index (χ2n) is 7.61. The van der Waals surface area contributed by atoms with E-state index in [9.17, 15) is 4.79 Å². The number of thioether (sulfide) groups is 1. The van der Waals surface area contributed by atoms with Crippen LogP contribution in [0.5, 0.6) is 0 Å². The van der Waals surface area contributed by atoms with Crippen LogP contribution in [0.1, 0.15) is 42.5 Å². The third kappa shape index (κ3) is 3.37. The molecule has 0 radical (unpaired) electrons. The van der Waals surface area contributed by atoms with E-state index in [2.05, 4.69) is 20.2 Å². The van der Waals surface area contributed by atoms with Crippen molar-refractivity contribution in [3.63, 3.8) is 0 Å². The van der Waals surface area contributed by atoms with Crippen LogP contribution in [0.4, 0.5) is 0 Å². The van der Waals surface area contributed by atoms with Crippen LogP contribution >= 0.6 is 23.1 Å². The highest BCUT2D eigenvalue weighted by Crippen LogP contribution is 2.40. The zero-order valence-corrected chi connectivity index (χ0v) is 16.5. The Kier molecular flexibility index (Phi) is 4.63. The zero-order valence-electron chi connectivity index (χ0n) is 14.9. The van der Waals surface area contributed by atoms with Gasteiger partial charge in [-0.3, -0.25) is 4.79 Å². The number of hydrogen-bond donors (Lipinski definition) is 1. The van der Waals surface area contributed by atoms with Crippen molar-refractivity contribution in [1.29, 1.82) is 0 Å². The monoisotopic (exact) mass is 388 g/mol. The molecule has 0 spiro atoms. The fourth-order valence-corrected chi connectivity index (χ4v) is 6.39. The average Bonchev–Trinajstić information content (AvgIpc) is 3.29. The molecule has 1 N–H and O–H groups in total. The maximum Gasteiger partial charge on any atom is 0.230 e. The number of hydrogen-bond acceptors (Lipinski definition) is 6. The van der Waals surface area contributed by atoms with Crippen LogP contribution in [0.3, 0.4) is 0 Å². The van der Waals surface area contributed by atoms with E-state index in [-0.39, 0.29) is 5.91 Å². The van der Waals surface area contributed by atoms with Crippen molar-refractivity contribution in [2.24, 2.45) is 0 Å². The smallest absolute Gasteiger partial charge is 0.230 e. The van der Waals surface area contributed by atoms with Crippen molar-refractivity contribution in [2.75, 3.05) is 18.8 Å². The van der Waals surface area contributed by atoms with Crippen LogP contribution in [0.15, 0.2) is 11.4 Å². The Bertz CT molecular complexity index is 824. The SMILES string of the molecule is O=C(CSc1ncnc2sc3c(c12)CCC3)NC1CCN(C2CC2)CC1. The molecular formula is C19H24N4OS2. The highest BCUT2D eigenvalue weighted by molar-refractivity contribution is 8.00. The molecule has 1 saturated carbocycles. The summed E-state index contributed by atoms with van der Waals surface area (Å²) in [7, 11) is 0. The topological polar surface area (TPSA) is 58.1 Å². The molecule has 5 rings (SSSR count). The number of aryl methyl sites for hydroxylation is 2.